The topological polar surface area (TPSA) is 29.1 Å². The molecule has 1 N–H and O–H groups in total. The first-order valence-electron chi connectivity index (χ1n) is 5.60. The Morgan fingerprint density at radius 2 is 2.06 bits per heavy atom. The molecule has 3 heteroatoms. The van der Waals surface area contributed by atoms with Crippen LogP contribution in [0.25, 0.3) is 0 Å². The van der Waals surface area contributed by atoms with Crippen LogP contribution in [0.15, 0.2) is 18.2 Å². The zero-order chi connectivity index (χ0) is 12.1. The van der Waals surface area contributed by atoms with Crippen molar-refractivity contribution in [1.29, 1.82) is 0 Å². The molecule has 0 bridgehead atoms. The molecule has 0 amide bonds. The van der Waals surface area contributed by atoms with E-state index < -0.39 is 10.8 Å². The normalized spacial score (nSPS) is 14.8. The lowest BCUT2D eigenvalue weighted by Crippen LogP contribution is -2.27. The van der Waals surface area contributed by atoms with Crippen molar-refractivity contribution in [2.75, 3.05) is 12.8 Å². The summed E-state index contributed by atoms with van der Waals surface area (Å²) < 4.78 is 11.2. The molecule has 0 spiro atoms. The van der Waals surface area contributed by atoms with Crippen LogP contribution in [0, 0.1) is 13.8 Å². The van der Waals surface area contributed by atoms with Crippen molar-refractivity contribution in [3.05, 3.63) is 34.9 Å². The van der Waals surface area contributed by atoms with Crippen molar-refractivity contribution in [1.82, 2.24) is 5.32 Å². The van der Waals surface area contributed by atoms with Gasteiger partial charge in [0.05, 0.1) is 0 Å². The second-order valence-electron chi connectivity index (χ2n) is 4.30. The van der Waals surface area contributed by atoms with E-state index >= 15 is 0 Å². The fraction of sp³-hybridized carbons (Fsp3) is 0.538. The van der Waals surface area contributed by atoms with Gasteiger partial charge in [0.2, 0.25) is 0 Å². The number of hydrogen-bond acceptors (Lipinski definition) is 2. The van der Waals surface area contributed by atoms with Crippen molar-refractivity contribution in [3.63, 3.8) is 0 Å². The fourth-order valence-corrected chi connectivity index (χ4v) is 1.88. The third-order valence-corrected chi connectivity index (χ3v) is 4.33. The molecule has 0 aliphatic carbocycles. The lowest BCUT2D eigenvalue weighted by molar-refractivity contribution is 0.646. The van der Waals surface area contributed by atoms with Crippen LogP contribution < -0.4 is 5.32 Å². The minimum Gasteiger partial charge on any atom is -0.311 e. The van der Waals surface area contributed by atoms with Gasteiger partial charge in [-0.05, 0) is 37.5 Å². The number of aryl methyl sites for hydroxylation is 1. The highest BCUT2D eigenvalue weighted by Gasteiger charge is 2.06. The number of hydrogen-bond donors (Lipinski definition) is 1. The van der Waals surface area contributed by atoms with Crippen LogP contribution in [-0.4, -0.2) is 22.3 Å². The molecule has 0 aromatic heterocycles. The van der Waals surface area contributed by atoms with Gasteiger partial charge in [0, 0.05) is 35.4 Å². The summed E-state index contributed by atoms with van der Waals surface area (Å²) in [5.74, 6) is 0. The standard InChI is InChI=1S/C13H21NOS/c1-10-6-5-7-13(12(10)3)9-14-8-11(2)16(4)15/h5-7,11,14H,8-9H2,1-4H3. The Bertz CT molecular complexity index is 376. The molecule has 2 nitrogen and oxygen atoms in total. The van der Waals surface area contributed by atoms with E-state index in [1.54, 1.807) is 6.26 Å². The monoisotopic (exact) mass is 239 g/mol. The van der Waals surface area contributed by atoms with E-state index in [4.69, 9.17) is 0 Å². The summed E-state index contributed by atoms with van der Waals surface area (Å²) in [4.78, 5) is 0. The lowest BCUT2D eigenvalue weighted by atomic mass is 10.0. The molecule has 0 heterocycles. The second-order valence-corrected chi connectivity index (χ2v) is 6.10. The van der Waals surface area contributed by atoms with Gasteiger partial charge in [0.1, 0.15) is 0 Å². The summed E-state index contributed by atoms with van der Waals surface area (Å²) >= 11 is 0. The maximum Gasteiger partial charge on any atom is 0.0441 e. The van der Waals surface area contributed by atoms with Crippen molar-refractivity contribution in [2.24, 2.45) is 0 Å². The summed E-state index contributed by atoms with van der Waals surface area (Å²) in [6.07, 6.45) is 1.75. The Kier molecular flexibility index (Phi) is 5.16. The molecular weight excluding hydrogens is 218 g/mol. The number of nitrogens with one attached hydrogen (secondary N) is 1. The Morgan fingerprint density at radius 3 is 2.69 bits per heavy atom. The zero-order valence-corrected chi connectivity index (χ0v) is 11.4. The molecule has 0 aliphatic heterocycles. The molecule has 0 saturated carbocycles. The molecule has 2 unspecified atom stereocenters. The Labute approximate surface area is 101 Å². The molecule has 1 aromatic rings. The molecule has 0 radical (unpaired) electrons. The van der Waals surface area contributed by atoms with Crippen molar-refractivity contribution >= 4 is 10.8 Å². The van der Waals surface area contributed by atoms with Crippen LogP contribution in [0.1, 0.15) is 23.6 Å². The molecule has 16 heavy (non-hydrogen) atoms. The SMILES string of the molecule is Cc1cccc(CNCC(C)S(C)=O)c1C. The number of rotatable bonds is 5. The largest absolute Gasteiger partial charge is 0.311 e. The van der Waals surface area contributed by atoms with Gasteiger partial charge < -0.3 is 5.32 Å². The third-order valence-electron chi connectivity index (χ3n) is 3.03. The minimum atomic E-state index is -0.740. The van der Waals surface area contributed by atoms with Crippen LogP contribution in [0.4, 0.5) is 0 Å². The van der Waals surface area contributed by atoms with Crippen LogP contribution in [0.5, 0.6) is 0 Å². The average Bonchev–Trinajstić information content (AvgIpc) is 2.24. The van der Waals surface area contributed by atoms with Gasteiger partial charge in [0.15, 0.2) is 0 Å². The predicted molar refractivity (Wildman–Crippen MR) is 71.2 cm³/mol. The van der Waals surface area contributed by atoms with E-state index in [0.29, 0.717) is 0 Å². The highest BCUT2D eigenvalue weighted by Crippen LogP contribution is 2.12. The maximum atomic E-state index is 11.2. The second kappa shape index (κ2) is 6.16. The van der Waals surface area contributed by atoms with Gasteiger partial charge in [-0.1, -0.05) is 18.2 Å². The lowest BCUT2D eigenvalue weighted by Gasteiger charge is -2.12. The first-order chi connectivity index (χ1) is 7.52. The number of benzene rings is 1. The molecule has 1 aromatic carbocycles. The Morgan fingerprint density at radius 1 is 1.38 bits per heavy atom. The minimum absolute atomic E-state index is 0.213. The summed E-state index contributed by atoms with van der Waals surface area (Å²) in [5, 5.41) is 3.57. The van der Waals surface area contributed by atoms with Crippen LogP contribution >= 0.6 is 0 Å². The van der Waals surface area contributed by atoms with Crippen molar-refractivity contribution < 1.29 is 4.21 Å². The zero-order valence-electron chi connectivity index (χ0n) is 10.5. The van der Waals surface area contributed by atoms with E-state index in [2.05, 4.69) is 37.4 Å². The Hall–Kier alpha value is -0.670. The molecule has 90 valence electrons. The van der Waals surface area contributed by atoms with Crippen LogP contribution in [-0.2, 0) is 17.3 Å². The van der Waals surface area contributed by atoms with Gasteiger partial charge >= 0.3 is 0 Å². The highest BCUT2D eigenvalue weighted by molar-refractivity contribution is 7.84. The quantitative estimate of drug-likeness (QED) is 0.853. The van der Waals surface area contributed by atoms with Gasteiger partial charge in [-0.2, -0.15) is 0 Å². The van der Waals surface area contributed by atoms with Gasteiger partial charge in [-0.15, -0.1) is 0 Å². The summed E-state index contributed by atoms with van der Waals surface area (Å²) in [6, 6.07) is 6.35. The van der Waals surface area contributed by atoms with E-state index in [-0.39, 0.29) is 5.25 Å². The molecule has 1 rings (SSSR count). The fourth-order valence-electron chi connectivity index (χ4n) is 1.53. The summed E-state index contributed by atoms with van der Waals surface area (Å²) in [6.45, 7) is 7.94. The summed E-state index contributed by atoms with van der Waals surface area (Å²) in [7, 11) is -0.740. The highest BCUT2D eigenvalue weighted by atomic mass is 32.2. The van der Waals surface area contributed by atoms with Gasteiger partial charge in [-0.25, -0.2) is 0 Å². The predicted octanol–water partition coefficient (Wildman–Crippen LogP) is 2.16. The smallest absolute Gasteiger partial charge is 0.0441 e. The van der Waals surface area contributed by atoms with Crippen molar-refractivity contribution in [3.8, 4) is 0 Å². The molecule has 0 fully saturated rings. The first kappa shape index (κ1) is 13.4. The third kappa shape index (κ3) is 3.72. The van der Waals surface area contributed by atoms with Gasteiger partial charge in [0.25, 0.3) is 0 Å². The van der Waals surface area contributed by atoms with E-state index in [9.17, 15) is 4.21 Å². The maximum absolute atomic E-state index is 11.2. The van der Waals surface area contributed by atoms with E-state index in [1.165, 1.54) is 16.7 Å². The molecule has 0 aliphatic rings. The molecule has 0 saturated heterocycles. The van der Waals surface area contributed by atoms with Crippen LogP contribution in [0.3, 0.4) is 0 Å². The first-order valence-corrected chi connectivity index (χ1v) is 7.22. The van der Waals surface area contributed by atoms with E-state index in [0.717, 1.165) is 13.1 Å². The van der Waals surface area contributed by atoms with E-state index in [1.807, 2.05) is 6.92 Å². The summed E-state index contributed by atoms with van der Waals surface area (Å²) in [5.41, 5.74) is 4.00. The van der Waals surface area contributed by atoms with Crippen molar-refractivity contribution in [2.45, 2.75) is 32.6 Å². The molecular formula is C13H21NOS. The average molecular weight is 239 g/mol. The van der Waals surface area contributed by atoms with Crippen LogP contribution in [0.2, 0.25) is 0 Å². The van der Waals surface area contributed by atoms with Gasteiger partial charge in [-0.3, -0.25) is 4.21 Å². The molecule has 2 atom stereocenters. The Balaban J connectivity index is 2.49.